The molecule has 0 spiro atoms. The van der Waals surface area contributed by atoms with Gasteiger partial charge in [-0.2, -0.15) is 4.37 Å². The number of hydrogen-bond acceptors (Lipinski definition) is 6. The molecule has 0 radical (unpaired) electrons. The molecule has 0 saturated heterocycles. The van der Waals surface area contributed by atoms with E-state index in [1.54, 1.807) is 0 Å². The lowest BCUT2D eigenvalue weighted by atomic mass is 10.1. The van der Waals surface area contributed by atoms with Crippen molar-refractivity contribution in [3.63, 3.8) is 0 Å². The molecule has 3 rings (SSSR count). The van der Waals surface area contributed by atoms with Crippen LogP contribution in [0.15, 0.2) is 60.7 Å². The predicted octanol–water partition coefficient (Wildman–Crippen LogP) is 2.56. The molecule has 9 heteroatoms. The van der Waals surface area contributed by atoms with Gasteiger partial charge in [-0.3, -0.25) is 14.4 Å². The third-order valence-corrected chi connectivity index (χ3v) is 5.84. The molecule has 0 aliphatic carbocycles. The normalized spacial score (nSPS) is 11.5. The number of carbonyl (C=O) groups is 3. The lowest BCUT2D eigenvalue weighted by molar-refractivity contribution is -0.126. The molecule has 1 aromatic heterocycles. The van der Waals surface area contributed by atoms with E-state index in [0.29, 0.717) is 13.0 Å². The van der Waals surface area contributed by atoms with Crippen LogP contribution in [0.4, 0.5) is 5.69 Å². The van der Waals surface area contributed by atoms with E-state index >= 15 is 0 Å². The van der Waals surface area contributed by atoms with Crippen LogP contribution in [0.3, 0.4) is 0 Å². The number of rotatable bonds is 9. The second kappa shape index (κ2) is 10.5. The SMILES string of the molecule is CC[C@H](C(=O)NCc1ccccc1)N(Cc1ccccc1)C(=O)c1snc(C(N)=O)c1N. The van der Waals surface area contributed by atoms with E-state index < -0.39 is 17.9 Å². The Hall–Kier alpha value is -3.72. The third-order valence-electron chi connectivity index (χ3n) is 4.99. The lowest BCUT2D eigenvalue weighted by Crippen LogP contribution is -2.48. The first-order valence-corrected chi connectivity index (χ1v) is 10.9. The van der Waals surface area contributed by atoms with Crippen LogP contribution in [0.25, 0.3) is 0 Å². The number of carbonyl (C=O) groups excluding carboxylic acids is 3. The van der Waals surface area contributed by atoms with Gasteiger partial charge in [-0.25, -0.2) is 0 Å². The summed E-state index contributed by atoms with van der Waals surface area (Å²) in [6.45, 7) is 2.38. The van der Waals surface area contributed by atoms with Crippen LogP contribution in [0.2, 0.25) is 0 Å². The van der Waals surface area contributed by atoms with Crippen LogP contribution in [0.5, 0.6) is 0 Å². The highest BCUT2D eigenvalue weighted by atomic mass is 32.1. The summed E-state index contributed by atoms with van der Waals surface area (Å²) >= 11 is 0.803. The largest absolute Gasteiger partial charge is 0.395 e. The van der Waals surface area contributed by atoms with E-state index in [0.717, 1.165) is 22.7 Å². The molecule has 0 fully saturated rings. The van der Waals surface area contributed by atoms with Gasteiger partial charge in [0, 0.05) is 13.1 Å². The molecule has 32 heavy (non-hydrogen) atoms. The monoisotopic (exact) mass is 451 g/mol. The van der Waals surface area contributed by atoms with Crippen LogP contribution < -0.4 is 16.8 Å². The van der Waals surface area contributed by atoms with Crippen molar-refractivity contribution in [2.24, 2.45) is 5.73 Å². The zero-order chi connectivity index (χ0) is 23.1. The van der Waals surface area contributed by atoms with Gasteiger partial charge in [0.2, 0.25) is 5.91 Å². The number of nitrogen functional groups attached to an aromatic ring is 1. The van der Waals surface area contributed by atoms with Gasteiger partial charge in [-0.15, -0.1) is 0 Å². The van der Waals surface area contributed by atoms with Gasteiger partial charge in [0.1, 0.15) is 10.9 Å². The highest BCUT2D eigenvalue weighted by Crippen LogP contribution is 2.25. The molecule has 0 aliphatic rings. The van der Waals surface area contributed by atoms with Gasteiger partial charge in [0.25, 0.3) is 11.8 Å². The minimum Gasteiger partial charge on any atom is -0.395 e. The Labute approximate surface area is 190 Å². The highest BCUT2D eigenvalue weighted by molar-refractivity contribution is 7.09. The van der Waals surface area contributed by atoms with Crippen molar-refractivity contribution in [1.82, 2.24) is 14.6 Å². The molecular weight excluding hydrogens is 426 g/mol. The number of amides is 3. The zero-order valence-corrected chi connectivity index (χ0v) is 18.5. The highest BCUT2D eigenvalue weighted by Gasteiger charge is 2.32. The van der Waals surface area contributed by atoms with Crippen LogP contribution in [-0.4, -0.2) is 33.0 Å². The smallest absolute Gasteiger partial charge is 0.270 e. The second-order valence-corrected chi connectivity index (χ2v) is 7.96. The van der Waals surface area contributed by atoms with Crippen LogP contribution in [0.1, 0.15) is 44.6 Å². The molecule has 5 N–H and O–H groups in total. The standard InChI is InChI=1S/C23H25N5O3S/c1-2-17(22(30)26-13-15-9-5-3-6-10-15)28(14-16-11-7-4-8-12-16)23(31)20-18(24)19(21(25)29)27-32-20/h3-12,17H,2,13-14,24H2,1H3,(H2,25,29)(H,26,30)/t17-/m1/s1. The van der Waals surface area contributed by atoms with Crippen molar-refractivity contribution < 1.29 is 14.4 Å². The Bertz CT molecular complexity index is 1090. The first-order valence-electron chi connectivity index (χ1n) is 10.1. The van der Waals surface area contributed by atoms with Gasteiger partial charge >= 0.3 is 0 Å². The Morgan fingerprint density at radius 3 is 2.16 bits per heavy atom. The maximum Gasteiger partial charge on any atom is 0.270 e. The van der Waals surface area contributed by atoms with E-state index in [4.69, 9.17) is 11.5 Å². The molecule has 3 aromatic rings. The average molecular weight is 452 g/mol. The fraction of sp³-hybridized carbons (Fsp3) is 0.217. The Balaban J connectivity index is 1.88. The number of anilines is 1. The molecule has 0 unspecified atom stereocenters. The minimum absolute atomic E-state index is 0.0647. The maximum absolute atomic E-state index is 13.5. The molecular formula is C23H25N5O3S. The topological polar surface area (TPSA) is 131 Å². The summed E-state index contributed by atoms with van der Waals surface area (Å²) in [4.78, 5) is 39.6. The summed E-state index contributed by atoms with van der Waals surface area (Å²) in [6, 6.07) is 18.1. The molecule has 0 bridgehead atoms. The second-order valence-electron chi connectivity index (χ2n) is 7.18. The fourth-order valence-electron chi connectivity index (χ4n) is 3.31. The minimum atomic E-state index is -0.806. The first kappa shape index (κ1) is 23.0. The zero-order valence-electron chi connectivity index (χ0n) is 17.7. The van der Waals surface area contributed by atoms with E-state index in [9.17, 15) is 14.4 Å². The summed E-state index contributed by atoms with van der Waals surface area (Å²) in [7, 11) is 0. The molecule has 0 aliphatic heterocycles. The fourth-order valence-corrected chi connectivity index (χ4v) is 4.07. The lowest BCUT2D eigenvalue weighted by Gasteiger charge is -2.30. The number of nitrogens with one attached hydrogen (secondary N) is 1. The number of nitrogens with two attached hydrogens (primary N) is 2. The molecule has 8 nitrogen and oxygen atoms in total. The quantitative estimate of drug-likeness (QED) is 0.460. The van der Waals surface area contributed by atoms with E-state index in [-0.39, 0.29) is 28.7 Å². The Kier molecular flexibility index (Phi) is 7.56. The summed E-state index contributed by atoms with van der Waals surface area (Å²) in [5.74, 6) is -1.56. The van der Waals surface area contributed by atoms with Crippen molar-refractivity contribution in [2.75, 3.05) is 5.73 Å². The van der Waals surface area contributed by atoms with E-state index in [1.807, 2.05) is 67.6 Å². The molecule has 2 aromatic carbocycles. The summed E-state index contributed by atoms with van der Waals surface area (Å²) in [5.41, 5.74) is 12.9. The molecule has 1 heterocycles. The van der Waals surface area contributed by atoms with Crippen LogP contribution >= 0.6 is 11.5 Å². The van der Waals surface area contributed by atoms with Crippen molar-refractivity contribution in [3.05, 3.63) is 82.4 Å². The van der Waals surface area contributed by atoms with Gasteiger partial charge in [0.15, 0.2) is 5.69 Å². The molecule has 1 atom stereocenters. The van der Waals surface area contributed by atoms with Crippen LogP contribution in [-0.2, 0) is 17.9 Å². The Morgan fingerprint density at radius 2 is 1.62 bits per heavy atom. The average Bonchev–Trinajstić information content (AvgIpc) is 3.20. The number of hydrogen-bond donors (Lipinski definition) is 3. The number of aromatic nitrogens is 1. The molecule has 166 valence electrons. The van der Waals surface area contributed by atoms with E-state index in [1.165, 1.54) is 4.90 Å². The van der Waals surface area contributed by atoms with Crippen molar-refractivity contribution in [2.45, 2.75) is 32.5 Å². The predicted molar refractivity (Wildman–Crippen MR) is 124 cm³/mol. The van der Waals surface area contributed by atoms with Crippen molar-refractivity contribution in [1.29, 1.82) is 0 Å². The summed E-state index contributed by atoms with van der Waals surface area (Å²) in [6.07, 6.45) is 0.389. The maximum atomic E-state index is 13.5. The number of nitrogens with zero attached hydrogens (tertiary/aromatic N) is 2. The van der Waals surface area contributed by atoms with Gasteiger partial charge in [0.05, 0.1) is 5.69 Å². The Morgan fingerprint density at radius 1 is 1.03 bits per heavy atom. The molecule has 0 saturated carbocycles. The summed E-state index contributed by atoms with van der Waals surface area (Å²) < 4.78 is 3.93. The number of benzene rings is 2. The van der Waals surface area contributed by atoms with Gasteiger partial charge in [-0.05, 0) is 29.1 Å². The van der Waals surface area contributed by atoms with Crippen molar-refractivity contribution in [3.8, 4) is 0 Å². The van der Waals surface area contributed by atoms with E-state index in [2.05, 4.69) is 9.69 Å². The first-order chi connectivity index (χ1) is 15.4. The summed E-state index contributed by atoms with van der Waals surface area (Å²) in [5, 5.41) is 2.91. The third kappa shape index (κ3) is 5.30. The van der Waals surface area contributed by atoms with Gasteiger partial charge in [-0.1, -0.05) is 67.6 Å². The van der Waals surface area contributed by atoms with Crippen LogP contribution in [0, 0.1) is 0 Å². The molecule has 3 amide bonds. The van der Waals surface area contributed by atoms with Gasteiger partial charge < -0.3 is 21.7 Å². The van der Waals surface area contributed by atoms with Crippen molar-refractivity contribution >= 4 is 34.9 Å². The number of primary amides is 1.